The van der Waals surface area contributed by atoms with Crippen LogP contribution in [0.3, 0.4) is 0 Å². The first-order valence-electron chi connectivity index (χ1n) is 7.01. The predicted octanol–water partition coefficient (Wildman–Crippen LogP) is 2.14. The zero-order valence-corrected chi connectivity index (χ0v) is 11.6. The van der Waals surface area contributed by atoms with Crippen molar-refractivity contribution in [2.75, 3.05) is 26.2 Å². The second-order valence-electron chi connectivity index (χ2n) is 4.99. The van der Waals surface area contributed by atoms with E-state index < -0.39 is 0 Å². The molecule has 0 bridgehead atoms. The Balaban J connectivity index is 1.92. The molecule has 4 nitrogen and oxygen atoms in total. The van der Waals surface area contributed by atoms with Crippen molar-refractivity contribution in [3.8, 4) is 0 Å². The van der Waals surface area contributed by atoms with Crippen molar-refractivity contribution in [2.45, 2.75) is 13.0 Å². The van der Waals surface area contributed by atoms with Crippen LogP contribution in [0.15, 0.2) is 36.5 Å². The van der Waals surface area contributed by atoms with Gasteiger partial charge in [0.15, 0.2) is 5.78 Å². The number of ether oxygens (including phenoxy) is 1. The van der Waals surface area contributed by atoms with Crippen LogP contribution >= 0.6 is 0 Å². The molecule has 0 saturated carbocycles. The summed E-state index contributed by atoms with van der Waals surface area (Å²) < 4.78 is 5.66. The van der Waals surface area contributed by atoms with E-state index in [1.54, 1.807) is 6.20 Å². The van der Waals surface area contributed by atoms with Crippen molar-refractivity contribution in [3.05, 3.63) is 42.1 Å². The zero-order valence-electron chi connectivity index (χ0n) is 11.6. The van der Waals surface area contributed by atoms with E-state index in [0.29, 0.717) is 18.7 Å². The molecular weight excluding hydrogens is 252 g/mol. The fourth-order valence-corrected chi connectivity index (χ4v) is 2.64. The average molecular weight is 270 g/mol. The molecule has 0 radical (unpaired) electrons. The van der Waals surface area contributed by atoms with Gasteiger partial charge in [-0.2, -0.15) is 0 Å². The minimum atomic E-state index is -0.366. The Hall–Kier alpha value is -1.78. The third-order valence-electron chi connectivity index (χ3n) is 3.80. The molecular formula is C16H18N2O2. The van der Waals surface area contributed by atoms with Gasteiger partial charge in [0, 0.05) is 30.2 Å². The Morgan fingerprint density at radius 2 is 2.30 bits per heavy atom. The van der Waals surface area contributed by atoms with E-state index in [1.165, 1.54) is 0 Å². The van der Waals surface area contributed by atoms with Gasteiger partial charge in [-0.1, -0.05) is 25.1 Å². The summed E-state index contributed by atoms with van der Waals surface area (Å²) in [6.07, 6.45) is 1.38. The Bertz CT molecular complexity index is 621. The van der Waals surface area contributed by atoms with Crippen LogP contribution in [0.2, 0.25) is 0 Å². The van der Waals surface area contributed by atoms with Gasteiger partial charge in [-0.05, 0) is 18.7 Å². The highest BCUT2D eigenvalue weighted by Crippen LogP contribution is 2.20. The molecule has 1 fully saturated rings. The topological polar surface area (TPSA) is 42.4 Å². The highest BCUT2D eigenvalue weighted by molar-refractivity contribution is 6.09. The molecule has 1 saturated heterocycles. The molecule has 1 aromatic carbocycles. The molecule has 0 amide bonds. The lowest BCUT2D eigenvalue weighted by Gasteiger charge is -2.31. The number of hydrogen-bond acceptors (Lipinski definition) is 4. The van der Waals surface area contributed by atoms with E-state index in [2.05, 4.69) is 16.8 Å². The van der Waals surface area contributed by atoms with Crippen LogP contribution in [0.4, 0.5) is 0 Å². The van der Waals surface area contributed by atoms with Gasteiger partial charge in [-0.15, -0.1) is 0 Å². The summed E-state index contributed by atoms with van der Waals surface area (Å²) in [5.41, 5.74) is 1.56. The normalized spacial score (nSPS) is 20.1. The lowest BCUT2D eigenvalue weighted by atomic mass is 10.00. The molecule has 3 rings (SSSR count). The number of benzene rings is 1. The molecule has 0 aliphatic carbocycles. The van der Waals surface area contributed by atoms with Crippen molar-refractivity contribution >= 4 is 16.7 Å². The number of carbonyl (C=O) groups excluding carboxylic acids is 1. The average Bonchev–Trinajstić information content (AvgIpc) is 2.53. The lowest BCUT2D eigenvalue weighted by molar-refractivity contribution is -0.0147. The van der Waals surface area contributed by atoms with Crippen molar-refractivity contribution in [2.24, 2.45) is 0 Å². The number of ketones is 1. The second kappa shape index (κ2) is 5.69. The highest BCUT2D eigenvalue weighted by atomic mass is 16.5. The van der Waals surface area contributed by atoms with E-state index >= 15 is 0 Å². The summed E-state index contributed by atoms with van der Waals surface area (Å²) in [4.78, 5) is 19.2. The van der Waals surface area contributed by atoms with Gasteiger partial charge < -0.3 is 4.74 Å². The van der Waals surface area contributed by atoms with Crippen molar-refractivity contribution < 1.29 is 9.53 Å². The summed E-state index contributed by atoms with van der Waals surface area (Å²) in [7, 11) is 0. The van der Waals surface area contributed by atoms with E-state index in [0.717, 1.165) is 24.0 Å². The predicted molar refractivity (Wildman–Crippen MR) is 77.9 cm³/mol. The number of hydrogen-bond donors (Lipinski definition) is 0. The van der Waals surface area contributed by atoms with E-state index in [9.17, 15) is 4.79 Å². The summed E-state index contributed by atoms with van der Waals surface area (Å²) in [5.74, 6) is 0.0572. The maximum atomic E-state index is 12.7. The first-order chi connectivity index (χ1) is 9.79. The Labute approximate surface area is 118 Å². The first-order valence-corrected chi connectivity index (χ1v) is 7.01. The highest BCUT2D eigenvalue weighted by Gasteiger charge is 2.27. The quantitative estimate of drug-likeness (QED) is 0.801. The largest absolute Gasteiger partial charge is 0.367 e. The monoisotopic (exact) mass is 270 g/mol. The van der Waals surface area contributed by atoms with Gasteiger partial charge >= 0.3 is 0 Å². The molecule has 1 aromatic heterocycles. The van der Waals surface area contributed by atoms with Crippen LogP contribution in [0.1, 0.15) is 17.3 Å². The molecule has 1 aliphatic heterocycles. The number of fused-ring (bicyclic) bond motifs is 1. The van der Waals surface area contributed by atoms with Gasteiger partial charge in [0.05, 0.1) is 12.1 Å². The number of aromatic nitrogens is 1. The van der Waals surface area contributed by atoms with Crippen LogP contribution < -0.4 is 0 Å². The number of nitrogens with zero attached hydrogens (tertiary/aromatic N) is 2. The van der Waals surface area contributed by atoms with Gasteiger partial charge in [-0.25, -0.2) is 0 Å². The Morgan fingerprint density at radius 1 is 1.40 bits per heavy atom. The van der Waals surface area contributed by atoms with Crippen LogP contribution in [-0.4, -0.2) is 48.0 Å². The Kier molecular flexibility index (Phi) is 3.76. The lowest BCUT2D eigenvalue weighted by Crippen LogP contribution is -2.45. The number of morpholine rings is 1. The smallest absolute Gasteiger partial charge is 0.193 e. The van der Waals surface area contributed by atoms with Crippen molar-refractivity contribution in [1.29, 1.82) is 0 Å². The molecule has 2 heterocycles. The van der Waals surface area contributed by atoms with Crippen LogP contribution in [0.5, 0.6) is 0 Å². The maximum Gasteiger partial charge on any atom is 0.193 e. The molecule has 4 heteroatoms. The molecule has 1 aliphatic rings. The zero-order chi connectivity index (χ0) is 13.9. The number of rotatable bonds is 3. The molecule has 0 spiro atoms. The van der Waals surface area contributed by atoms with E-state index in [-0.39, 0.29) is 11.9 Å². The Morgan fingerprint density at radius 3 is 3.15 bits per heavy atom. The summed E-state index contributed by atoms with van der Waals surface area (Å²) in [6, 6.07) is 9.46. The number of pyridine rings is 1. The SMILES string of the molecule is CCN1CCOC(C(=O)c2cccc3ncccc23)C1. The second-order valence-corrected chi connectivity index (χ2v) is 4.99. The molecule has 1 atom stereocenters. The molecule has 20 heavy (non-hydrogen) atoms. The third-order valence-corrected chi connectivity index (χ3v) is 3.80. The fourth-order valence-electron chi connectivity index (χ4n) is 2.64. The van der Waals surface area contributed by atoms with Crippen LogP contribution in [0.25, 0.3) is 10.9 Å². The summed E-state index contributed by atoms with van der Waals surface area (Å²) >= 11 is 0. The molecule has 2 aromatic rings. The van der Waals surface area contributed by atoms with Gasteiger partial charge in [0.1, 0.15) is 6.10 Å². The van der Waals surface area contributed by atoms with Crippen LogP contribution in [0, 0.1) is 0 Å². The summed E-state index contributed by atoms with van der Waals surface area (Å²) in [6.45, 7) is 5.25. The minimum Gasteiger partial charge on any atom is -0.367 e. The third kappa shape index (κ3) is 2.44. The summed E-state index contributed by atoms with van der Waals surface area (Å²) in [5, 5.41) is 0.900. The van der Waals surface area contributed by atoms with E-state index in [1.807, 2.05) is 30.3 Å². The number of Topliss-reactive ketones (excluding diaryl/α,β-unsaturated/α-hetero) is 1. The molecule has 0 N–H and O–H groups in total. The van der Waals surface area contributed by atoms with Crippen LogP contribution in [-0.2, 0) is 4.74 Å². The number of likely N-dealkylation sites (N-methyl/N-ethyl adjacent to an activating group) is 1. The van der Waals surface area contributed by atoms with Gasteiger partial charge in [0.2, 0.25) is 0 Å². The first kappa shape index (κ1) is 13.2. The van der Waals surface area contributed by atoms with Crippen molar-refractivity contribution in [1.82, 2.24) is 9.88 Å². The standard InChI is InChI=1S/C16H18N2O2/c1-2-18-9-10-20-15(11-18)16(19)13-5-3-7-14-12(13)6-4-8-17-14/h3-8,15H,2,9-11H2,1H3. The van der Waals surface area contributed by atoms with Gasteiger partial charge in [0.25, 0.3) is 0 Å². The van der Waals surface area contributed by atoms with Gasteiger partial charge in [-0.3, -0.25) is 14.7 Å². The van der Waals surface area contributed by atoms with Crippen molar-refractivity contribution in [3.63, 3.8) is 0 Å². The molecule has 104 valence electrons. The maximum absolute atomic E-state index is 12.7. The minimum absolute atomic E-state index is 0.0572. The van der Waals surface area contributed by atoms with E-state index in [4.69, 9.17) is 4.74 Å². The molecule has 1 unspecified atom stereocenters. The fraction of sp³-hybridized carbons (Fsp3) is 0.375. The number of carbonyl (C=O) groups is 1.